The molecule has 2 fully saturated rings. The molecule has 1 N–H and O–H groups in total. The molecule has 4 atom stereocenters. The number of phenolic OH excluding ortho intramolecular Hbond substituents is 1. The smallest absolute Gasteiger partial charge is 0.165 e. The summed E-state index contributed by atoms with van der Waals surface area (Å²) in [6.45, 7) is 2.20. The number of ketones is 1. The number of carbonyl (C=O) groups excluding carboxylic acids is 1. The molecule has 3 aliphatic rings. The number of carbonyl (C=O) groups is 1. The van der Waals surface area contributed by atoms with E-state index < -0.39 is 0 Å². The molecule has 3 aliphatic carbocycles. The normalized spacial score (nSPS) is 32.7. The molecule has 0 heterocycles. The third-order valence-electron chi connectivity index (χ3n) is 7.56. The predicted molar refractivity (Wildman–Crippen MR) is 113 cm³/mol. The largest absolute Gasteiger partial charge is 0.508 e. The summed E-state index contributed by atoms with van der Waals surface area (Å²) in [5, 5.41) is 10.6. The van der Waals surface area contributed by atoms with E-state index in [1.165, 1.54) is 11.1 Å². The molecular weight excluding hydrogens is 368 g/mol. The highest BCUT2D eigenvalue weighted by Crippen LogP contribution is 2.60. The molecule has 0 aromatic heterocycles. The zero-order valence-electron chi connectivity index (χ0n) is 16.1. The van der Waals surface area contributed by atoms with Crippen LogP contribution in [0.5, 0.6) is 5.75 Å². The number of aromatic hydroxyl groups is 1. The number of allylic oxidation sites excluding steroid dienone is 1. The fourth-order valence-corrected chi connectivity index (χ4v) is 6.25. The van der Waals surface area contributed by atoms with Gasteiger partial charge in [-0.05, 0) is 102 Å². The number of phenols is 1. The average Bonchev–Trinajstić information content (AvgIpc) is 2.94. The maximum atomic E-state index is 13.4. The quantitative estimate of drug-likeness (QED) is 0.589. The average molecular weight is 393 g/mol. The van der Waals surface area contributed by atoms with Crippen molar-refractivity contribution in [3.05, 3.63) is 69.8 Å². The van der Waals surface area contributed by atoms with Crippen LogP contribution in [-0.2, 0) is 11.2 Å². The van der Waals surface area contributed by atoms with E-state index in [2.05, 4.69) is 19.1 Å². The minimum atomic E-state index is -0.228. The first-order valence-corrected chi connectivity index (χ1v) is 10.7. The molecule has 5 rings (SSSR count). The third kappa shape index (κ3) is 2.73. The Morgan fingerprint density at radius 3 is 2.71 bits per heavy atom. The monoisotopic (exact) mass is 392 g/mol. The molecular formula is C25H25ClO2. The highest BCUT2D eigenvalue weighted by atomic mass is 35.5. The van der Waals surface area contributed by atoms with E-state index in [4.69, 9.17) is 11.6 Å². The van der Waals surface area contributed by atoms with Crippen LogP contribution in [0.1, 0.15) is 55.2 Å². The molecule has 3 heteroatoms. The summed E-state index contributed by atoms with van der Waals surface area (Å²) in [4.78, 5) is 13.4. The van der Waals surface area contributed by atoms with Crippen LogP contribution in [-0.4, -0.2) is 10.9 Å². The first-order valence-electron chi connectivity index (χ1n) is 10.3. The summed E-state index contributed by atoms with van der Waals surface area (Å²) in [5.41, 5.74) is 4.50. The summed E-state index contributed by atoms with van der Waals surface area (Å²) < 4.78 is 0. The van der Waals surface area contributed by atoms with Crippen LogP contribution in [0, 0.1) is 17.3 Å². The highest BCUT2D eigenvalue weighted by Gasteiger charge is 2.56. The number of benzene rings is 2. The number of halogens is 1. The van der Waals surface area contributed by atoms with Gasteiger partial charge in [-0.15, -0.1) is 0 Å². The maximum Gasteiger partial charge on any atom is 0.165 e. The molecule has 2 saturated carbocycles. The number of aryl methyl sites for hydroxylation is 1. The number of hydrogen-bond donors (Lipinski definition) is 1. The molecule has 144 valence electrons. The fourth-order valence-electron chi connectivity index (χ4n) is 6.13. The molecule has 0 bridgehead atoms. The van der Waals surface area contributed by atoms with Gasteiger partial charge in [-0.1, -0.05) is 36.7 Å². The Morgan fingerprint density at radius 1 is 1.14 bits per heavy atom. The third-order valence-corrected chi connectivity index (χ3v) is 7.81. The highest BCUT2D eigenvalue weighted by molar-refractivity contribution is 6.30. The fraction of sp³-hybridized carbons (Fsp3) is 0.400. The van der Waals surface area contributed by atoms with Gasteiger partial charge in [0.2, 0.25) is 0 Å². The summed E-state index contributed by atoms with van der Waals surface area (Å²) >= 11 is 6.00. The van der Waals surface area contributed by atoms with E-state index in [1.54, 1.807) is 0 Å². The van der Waals surface area contributed by atoms with E-state index >= 15 is 0 Å². The zero-order valence-corrected chi connectivity index (χ0v) is 16.9. The van der Waals surface area contributed by atoms with Crippen molar-refractivity contribution in [1.29, 1.82) is 0 Å². The van der Waals surface area contributed by atoms with Crippen LogP contribution in [0.25, 0.3) is 6.08 Å². The summed E-state index contributed by atoms with van der Waals surface area (Å²) in [6, 6.07) is 13.6. The van der Waals surface area contributed by atoms with Crippen LogP contribution in [0.2, 0.25) is 5.02 Å². The molecule has 2 aromatic rings. The number of hydrogen-bond acceptors (Lipinski definition) is 2. The second-order valence-corrected chi connectivity index (χ2v) is 9.45. The van der Waals surface area contributed by atoms with Gasteiger partial charge in [-0.2, -0.15) is 0 Å². The predicted octanol–water partition coefficient (Wildman–Crippen LogP) is 6.16. The summed E-state index contributed by atoms with van der Waals surface area (Å²) in [6.07, 6.45) is 7.09. The maximum absolute atomic E-state index is 13.4. The van der Waals surface area contributed by atoms with Crippen molar-refractivity contribution >= 4 is 23.5 Å². The molecule has 0 radical (unpaired) electrons. The van der Waals surface area contributed by atoms with E-state index in [0.717, 1.165) is 48.3 Å². The Labute approximate surface area is 171 Å². The van der Waals surface area contributed by atoms with Crippen molar-refractivity contribution in [3.63, 3.8) is 0 Å². The van der Waals surface area contributed by atoms with Gasteiger partial charge in [-0.25, -0.2) is 0 Å². The van der Waals surface area contributed by atoms with Gasteiger partial charge in [0.1, 0.15) is 5.75 Å². The Balaban J connectivity index is 1.48. The minimum absolute atomic E-state index is 0.228. The van der Waals surface area contributed by atoms with Crippen LogP contribution >= 0.6 is 11.6 Å². The van der Waals surface area contributed by atoms with Crippen molar-refractivity contribution in [2.45, 2.75) is 44.9 Å². The Kier molecular flexibility index (Phi) is 4.17. The van der Waals surface area contributed by atoms with Gasteiger partial charge in [0.25, 0.3) is 0 Å². The van der Waals surface area contributed by atoms with Crippen molar-refractivity contribution < 1.29 is 9.90 Å². The second kappa shape index (κ2) is 6.49. The Hall–Kier alpha value is -2.06. The van der Waals surface area contributed by atoms with E-state index in [9.17, 15) is 9.90 Å². The van der Waals surface area contributed by atoms with E-state index in [0.29, 0.717) is 29.3 Å². The number of rotatable bonds is 1. The summed E-state index contributed by atoms with van der Waals surface area (Å²) in [5.74, 6) is 2.20. The lowest BCUT2D eigenvalue weighted by molar-refractivity contribution is -0.127. The number of fused-ring (bicyclic) bond motifs is 5. The number of Topliss-reactive ketones (excluding diaryl/α,β-unsaturated/α-hetero) is 1. The molecule has 3 unspecified atom stereocenters. The van der Waals surface area contributed by atoms with Gasteiger partial charge in [0.05, 0.1) is 0 Å². The lowest BCUT2D eigenvalue weighted by Gasteiger charge is -2.48. The summed E-state index contributed by atoms with van der Waals surface area (Å²) in [7, 11) is 0. The van der Waals surface area contributed by atoms with Crippen LogP contribution in [0.15, 0.2) is 48.0 Å². The first-order chi connectivity index (χ1) is 13.5. The van der Waals surface area contributed by atoms with Gasteiger partial charge < -0.3 is 5.11 Å². The minimum Gasteiger partial charge on any atom is -0.508 e. The molecule has 2 nitrogen and oxygen atoms in total. The van der Waals surface area contributed by atoms with Crippen molar-refractivity contribution in [3.8, 4) is 5.75 Å². The molecule has 0 saturated heterocycles. The zero-order chi connectivity index (χ0) is 19.5. The Morgan fingerprint density at radius 2 is 1.93 bits per heavy atom. The van der Waals surface area contributed by atoms with Crippen molar-refractivity contribution in [1.82, 2.24) is 0 Å². The van der Waals surface area contributed by atoms with Crippen LogP contribution in [0.4, 0.5) is 0 Å². The van der Waals surface area contributed by atoms with Gasteiger partial charge in [-0.3, -0.25) is 4.79 Å². The van der Waals surface area contributed by atoms with Crippen molar-refractivity contribution in [2.75, 3.05) is 0 Å². The van der Waals surface area contributed by atoms with Gasteiger partial charge in [0.15, 0.2) is 5.78 Å². The second-order valence-electron chi connectivity index (χ2n) is 9.01. The lowest BCUT2D eigenvalue weighted by atomic mass is 9.55. The van der Waals surface area contributed by atoms with E-state index in [1.807, 2.05) is 36.4 Å². The first kappa shape index (κ1) is 18.0. The van der Waals surface area contributed by atoms with Gasteiger partial charge in [0, 0.05) is 10.4 Å². The molecule has 0 aliphatic heterocycles. The molecule has 2 aromatic carbocycles. The molecule has 0 spiro atoms. The molecule has 0 amide bonds. The SMILES string of the molecule is C[C@@]12CCC3c4ccc(O)cc4CCC3C1C/C(=C\c1ccc(Cl)cc1)C2=O. The van der Waals surface area contributed by atoms with Crippen LogP contribution < -0.4 is 0 Å². The molecule has 28 heavy (non-hydrogen) atoms. The van der Waals surface area contributed by atoms with Gasteiger partial charge >= 0.3 is 0 Å². The van der Waals surface area contributed by atoms with E-state index in [-0.39, 0.29) is 5.41 Å². The van der Waals surface area contributed by atoms with Crippen molar-refractivity contribution in [2.24, 2.45) is 17.3 Å². The topological polar surface area (TPSA) is 37.3 Å². The lowest BCUT2D eigenvalue weighted by Crippen LogP contribution is -2.42. The Bertz CT molecular complexity index is 975. The standard InChI is InChI=1S/C25H25ClO2/c1-25-11-10-21-20-9-7-19(27)13-16(20)4-8-22(21)23(25)14-17(24(25)28)12-15-2-5-18(26)6-3-15/h2-3,5-7,9,12-13,21-23,27H,4,8,10-11,14H2,1H3/b17-12+/t21?,22?,23?,25-/m1/s1. The van der Waals surface area contributed by atoms with Crippen LogP contribution in [0.3, 0.4) is 0 Å².